The maximum absolute atomic E-state index is 9.00. The summed E-state index contributed by atoms with van der Waals surface area (Å²) in [5.41, 5.74) is 0. The molecule has 1 atom stereocenters. The normalized spacial score (nSPS) is 17.7. The van der Waals surface area contributed by atoms with Gasteiger partial charge in [0.05, 0.1) is 12.1 Å². The van der Waals surface area contributed by atoms with Crippen LogP contribution in [0.2, 0.25) is 0 Å². The third kappa shape index (κ3) is 6.83. The smallest absolute Gasteiger partial charge is 0.0949 e. The van der Waals surface area contributed by atoms with Gasteiger partial charge in [-0.2, -0.15) is 5.26 Å². The molecule has 122 valence electrons. The highest BCUT2D eigenvalue weighted by molar-refractivity contribution is 4.96. The predicted molar refractivity (Wildman–Crippen MR) is 91.1 cm³/mol. The van der Waals surface area contributed by atoms with Crippen LogP contribution in [0.3, 0.4) is 0 Å². The van der Waals surface area contributed by atoms with Gasteiger partial charge in [0.15, 0.2) is 0 Å². The lowest BCUT2D eigenvalue weighted by molar-refractivity contribution is 0.0345. The Morgan fingerprint density at radius 3 is 1.90 bits per heavy atom. The molecule has 0 N–H and O–H groups in total. The van der Waals surface area contributed by atoms with Crippen molar-refractivity contribution in [1.29, 1.82) is 5.26 Å². The molecule has 0 radical (unpaired) electrons. The molecular weight excluding hydrogens is 256 g/mol. The first-order valence-electron chi connectivity index (χ1n) is 9.36. The lowest BCUT2D eigenvalue weighted by Gasteiger charge is -2.45. The molecule has 0 saturated carbocycles. The van der Waals surface area contributed by atoms with Gasteiger partial charge in [-0.1, -0.05) is 78.1 Å². The zero-order valence-electron chi connectivity index (χ0n) is 14.6. The largest absolute Gasteiger partial charge is 0.288 e. The molecule has 0 amide bonds. The highest BCUT2D eigenvalue weighted by Crippen LogP contribution is 2.33. The van der Waals surface area contributed by atoms with Crippen LogP contribution in [-0.4, -0.2) is 24.0 Å². The summed E-state index contributed by atoms with van der Waals surface area (Å²) in [5, 5.41) is 9.00. The zero-order chi connectivity index (χ0) is 15.5. The van der Waals surface area contributed by atoms with Crippen LogP contribution in [-0.2, 0) is 0 Å². The van der Waals surface area contributed by atoms with Crippen LogP contribution in [0.4, 0.5) is 0 Å². The second-order valence-electron chi connectivity index (χ2n) is 6.98. The lowest BCUT2D eigenvalue weighted by atomic mass is 9.78. The van der Waals surface area contributed by atoms with E-state index in [9.17, 15) is 0 Å². The Bertz CT molecular complexity index is 276. The van der Waals surface area contributed by atoms with Gasteiger partial charge in [-0.05, 0) is 18.8 Å². The molecule has 0 aromatic carbocycles. The maximum atomic E-state index is 9.00. The summed E-state index contributed by atoms with van der Waals surface area (Å²) in [6, 6.07) is 2.49. The maximum Gasteiger partial charge on any atom is 0.0949 e. The van der Waals surface area contributed by atoms with Crippen molar-refractivity contribution in [3.8, 4) is 6.07 Å². The van der Waals surface area contributed by atoms with Crippen LogP contribution in [0.25, 0.3) is 0 Å². The van der Waals surface area contributed by atoms with Crippen LogP contribution >= 0.6 is 0 Å². The van der Waals surface area contributed by atoms with Crippen molar-refractivity contribution in [2.24, 2.45) is 11.8 Å². The van der Waals surface area contributed by atoms with Gasteiger partial charge < -0.3 is 0 Å². The van der Waals surface area contributed by atoms with E-state index in [1.807, 2.05) is 6.92 Å². The van der Waals surface area contributed by atoms with Gasteiger partial charge in [0.25, 0.3) is 0 Å². The monoisotopic (exact) mass is 292 g/mol. The van der Waals surface area contributed by atoms with Crippen LogP contribution in [0.5, 0.6) is 0 Å². The number of rotatable bonds is 12. The number of hydrogen-bond acceptors (Lipinski definition) is 2. The summed E-state index contributed by atoms with van der Waals surface area (Å²) in [6.45, 7) is 8.94. The van der Waals surface area contributed by atoms with Gasteiger partial charge in [-0.3, -0.25) is 4.90 Å². The second kappa shape index (κ2) is 11.1. The quantitative estimate of drug-likeness (QED) is 0.451. The topological polar surface area (TPSA) is 27.0 Å². The molecule has 21 heavy (non-hydrogen) atoms. The van der Waals surface area contributed by atoms with Crippen LogP contribution in [0, 0.1) is 23.2 Å². The van der Waals surface area contributed by atoms with Crippen molar-refractivity contribution in [2.75, 3.05) is 13.1 Å². The molecule has 2 nitrogen and oxygen atoms in total. The molecule has 0 aliphatic carbocycles. The average Bonchev–Trinajstić information content (AvgIpc) is 2.45. The van der Waals surface area contributed by atoms with Gasteiger partial charge in [0, 0.05) is 13.1 Å². The van der Waals surface area contributed by atoms with E-state index in [0.717, 1.165) is 11.8 Å². The van der Waals surface area contributed by atoms with Crippen LogP contribution < -0.4 is 0 Å². The molecule has 1 unspecified atom stereocenters. The number of nitriles is 1. The fraction of sp³-hybridized carbons (Fsp3) is 0.947. The van der Waals surface area contributed by atoms with Crippen molar-refractivity contribution in [3.05, 3.63) is 0 Å². The standard InChI is InChI=1S/C19H36N2/c1-4-6-8-10-12-18(13-11-9-7-5-2)19-15-21(16-19)17(3)14-20/h17-19H,4-13,15-16H2,1-3H3. The molecule has 0 spiro atoms. The van der Waals surface area contributed by atoms with E-state index in [1.54, 1.807) is 0 Å². The third-order valence-electron chi connectivity index (χ3n) is 5.20. The van der Waals surface area contributed by atoms with E-state index in [4.69, 9.17) is 5.26 Å². The summed E-state index contributed by atoms with van der Waals surface area (Å²) in [4.78, 5) is 2.34. The number of hydrogen-bond donors (Lipinski definition) is 0. The molecule has 0 aromatic rings. The van der Waals surface area contributed by atoms with Crippen molar-refractivity contribution >= 4 is 0 Å². The summed E-state index contributed by atoms with van der Waals surface area (Å²) in [5.74, 6) is 1.78. The zero-order valence-corrected chi connectivity index (χ0v) is 14.6. The van der Waals surface area contributed by atoms with E-state index >= 15 is 0 Å². The van der Waals surface area contributed by atoms with E-state index in [1.165, 1.54) is 77.3 Å². The van der Waals surface area contributed by atoms with E-state index in [0.29, 0.717) is 0 Å². The Labute approximate surface area is 132 Å². The van der Waals surface area contributed by atoms with Gasteiger partial charge in [0.2, 0.25) is 0 Å². The highest BCUT2D eigenvalue weighted by Gasteiger charge is 2.34. The molecular formula is C19H36N2. The highest BCUT2D eigenvalue weighted by atomic mass is 15.2. The fourth-order valence-electron chi connectivity index (χ4n) is 3.53. The first-order chi connectivity index (χ1) is 10.2. The van der Waals surface area contributed by atoms with E-state index < -0.39 is 0 Å². The van der Waals surface area contributed by atoms with Crippen molar-refractivity contribution in [1.82, 2.24) is 4.90 Å². The predicted octanol–water partition coefficient (Wildman–Crippen LogP) is 5.39. The summed E-state index contributed by atoms with van der Waals surface area (Å²) in [7, 11) is 0. The Balaban J connectivity index is 2.29. The van der Waals surface area contributed by atoms with E-state index in [2.05, 4.69) is 24.8 Å². The summed E-state index contributed by atoms with van der Waals surface area (Å²) >= 11 is 0. The first-order valence-corrected chi connectivity index (χ1v) is 9.36. The molecule has 1 heterocycles. The molecule has 2 heteroatoms. The fourth-order valence-corrected chi connectivity index (χ4v) is 3.53. The minimum Gasteiger partial charge on any atom is -0.288 e. The van der Waals surface area contributed by atoms with Gasteiger partial charge >= 0.3 is 0 Å². The average molecular weight is 293 g/mol. The summed E-state index contributed by atoms with van der Waals surface area (Å²) in [6.07, 6.45) is 13.9. The van der Waals surface area contributed by atoms with Crippen LogP contribution in [0.1, 0.15) is 85.0 Å². The molecule has 0 aromatic heterocycles. The third-order valence-corrected chi connectivity index (χ3v) is 5.20. The second-order valence-corrected chi connectivity index (χ2v) is 6.98. The van der Waals surface area contributed by atoms with Crippen molar-refractivity contribution in [3.63, 3.8) is 0 Å². The Morgan fingerprint density at radius 1 is 0.952 bits per heavy atom. The lowest BCUT2D eigenvalue weighted by Crippen LogP contribution is -2.53. The molecule has 1 aliphatic rings. The Kier molecular flexibility index (Phi) is 9.76. The SMILES string of the molecule is CCCCCCC(CCCCCC)C1CN(C(C)C#N)C1. The Hall–Kier alpha value is -0.550. The molecule has 1 saturated heterocycles. The molecule has 1 aliphatic heterocycles. The number of likely N-dealkylation sites (tertiary alicyclic amines) is 1. The van der Waals surface area contributed by atoms with E-state index in [-0.39, 0.29) is 6.04 Å². The Morgan fingerprint density at radius 2 is 1.48 bits per heavy atom. The molecule has 1 fully saturated rings. The number of nitrogens with zero attached hydrogens (tertiary/aromatic N) is 2. The number of unbranched alkanes of at least 4 members (excludes halogenated alkanes) is 6. The first kappa shape index (κ1) is 18.5. The minimum atomic E-state index is 0.113. The van der Waals surface area contributed by atoms with Gasteiger partial charge in [-0.15, -0.1) is 0 Å². The summed E-state index contributed by atoms with van der Waals surface area (Å²) < 4.78 is 0. The molecule has 0 bridgehead atoms. The minimum absolute atomic E-state index is 0.113. The van der Waals surface area contributed by atoms with Crippen molar-refractivity contribution in [2.45, 2.75) is 91.0 Å². The van der Waals surface area contributed by atoms with Crippen molar-refractivity contribution < 1.29 is 0 Å². The van der Waals surface area contributed by atoms with Crippen LogP contribution in [0.15, 0.2) is 0 Å². The molecule has 1 rings (SSSR count). The van der Waals surface area contributed by atoms with Gasteiger partial charge in [0.1, 0.15) is 0 Å². The van der Waals surface area contributed by atoms with Gasteiger partial charge in [-0.25, -0.2) is 0 Å².